The lowest BCUT2D eigenvalue weighted by Crippen LogP contribution is -2.21. The number of hydrogen-bond acceptors (Lipinski definition) is 3. The molecule has 0 amide bonds. The third-order valence-corrected chi connectivity index (χ3v) is 5.51. The van der Waals surface area contributed by atoms with Crippen LogP contribution < -0.4 is 10.1 Å². The molecule has 0 unspecified atom stereocenters. The topological polar surface area (TPSA) is 39.1 Å². The molecule has 0 fully saturated rings. The Labute approximate surface area is 182 Å². The van der Waals surface area contributed by atoms with Crippen molar-refractivity contribution < 1.29 is 4.74 Å². The zero-order valence-corrected chi connectivity index (χ0v) is 17.4. The molecule has 0 radical (unpaired) electrons. The van der Waals surface area contributed by atoms with Crippen LogP contribution in [0.5, 0.6) is 5.75 Å². The van der Waals surface area contributed by atoms with Crippen LogP contribution in [0.3, 0.4) is 0 Å². The average molecular weight is 408 g/mol. The second kappa shape index (κ2) is 9.02. The molecular formula is C27H25N3O. The minimum Gasteiger partial charge on any atom is -0.492 e. The van der Waals surface area contributed by atoms with Crippen molar-refractivity contribution in [2.45, 2.75) is 13.1 Å². The predicted molar refractivity (Wildman–Crippen MR) is 126 cm³/mol. The van der Waals surface area contributed by atoms with E-state index in [1.165, 1.54) is 27.4 Å². The van der Waals surface area contributed by atoms with Crippen molar-refractivity contribution in [3.8, 4) is 5.75 Å². The second-order valence-corrected chi connectivity index (χ2v) is 7.59. The molecule has 4 nitrogen and oxygen atoms in total. The molecule has 4 heteroatoms. The van der Waals surface area contributed by atoms with E-state index < -0.39 is 0 Å². The summed E-state index contributed by atoms with van der Waals surface area (Å²) in [5.74, 6) is 0.931. The van der Waals surface area contributed by atoms with E-state index in [1.807, 2.05) is 24.4 Å². The van der Waals surface area contributed by atoms with Gasteiger partial charge in [0.2, 0.25) is 0 Å². The molecule has 5 aromatic rings. The first kappa shape index (κ1) is 19.3. The molecule has 0 bridgehead atoms. The van der Waals surface area contributed by atoms with Crippen molar-refractivity contribution in [1.82, 2.24) is 14.9 Å². The summed E-state index contributed by atoms with van der Waals surface area (Å²) in [7, 11) is 0. The number of aromatic nitrogens is 2. The summed E-state index contributed by atoms with van der Waals surface area (Å²) >= 11 is 0. The number of nitrogens with one attached hydrogen (secondary N) is 1. The smallest absolute Gasteiger partial charge is 0.129 e. The van der Waals surface area contributed by atoms with E-state index in [4.69, 9.17) is 4.74 Å². The fourth-order valence-corrected chi connectivity index (χ4v) is 4.07. The Kier molecular flexibility index (Phi) is 5.63. The van der Waals surface area contributed by atoms with E-state index in [2.05, 4.69) is 87.7 Å². The molecular weight excluding hydrogens is 382 g/mol. The maximum absolute atomic E-state index is 6.23. The van der Waals surface area contributed by atoms with E-state index in [0.717, 1.165) is 31.1 Å². The van der Waals surface area contributed by atoms with Gasteiger partial charge in [0.05, 0.1) is 11.2 Å². The Hall–Kier alpha value is -3.63. The summed E-state index contributed by atoms with van der Waals surface area (Å²) < 4.78 is 8.61. The molecule has 0 aliphatic heterocycles. The van der Waals surface area contributed by atoms with Gasteiger partial charge < -0.3 is 14.6 Å². The number of para-hydroxylation sites is 1. The van der Waals surface area contributed by atoms with Crippen LogP contribution in [-0.4, -0.2) is 22.7 Å². The lowest BCUT2D eigenvalue weighted by molar-refractivity contribution is 0.317. The molecule has 0 aliphatic rings. The molecule has 0 saturated heterocycles. The summed E-state index contributed by atoms with van der Waals surface area (Å²) in [6, 6.07) is 31.5. The maximum Gasteiger partial charge on any atom is 0.129 e. The fourth-order valence-electron chi connectivity index (χ4n) is 4.07. The molecule has 1 N–H and O–H groups in total. The zero-order chi connectivity index (χ0) is 20.9. The van der Waals surface area contributed by atoms with E-state index >= 15 is 0 Å². The van der Waals surface area contributed by atoms with Crippen LogP contribution >= 0.6 is 0 Å². The summed E-state index contributed by atoms with van der Waals surface area (Å²) in [5.41, 5.74) is 4.75. The number of fused-ring (bicyclic) bond motifs is 3. The van der Waals surface area contributed by atoms with Crippen LogP contribution in [0.1, 0.15) is 11.3 Å². The molecule has 5 rings (SSSR count). The van der Waals surface area contributed by atoms with Gasteiger partial charge in [-0.15, -0.1) is 0 Å². The van der Waals surface area contributed by atoms with Crippen LogP contribution in [0, 0.1) is 0 Å². The standard InChI is InChI=1S/C27H25N3O/c1-2-9-21(10-3-1)20-30-24-13-5-4-12-23(24)27-25(30)14-8-15-26(27)31-18-17-28-19-22-11-6-7-16-29-22/h1-16,28H,17-20H2. The van der Waals surface area contributed by atoms with Gasteiger partial charge in [0.15, 0.2) is 0 Å². The molecule has 154 valence electrons. The molecule has 3 aromatic carbocycles. The molecule has 2 heterocycles. The molecule has 0 saturated carbocycles. The molecule has 31 heavy (non-hydrogen) atoms. The summed E-state index contributed by atoms with van der Waals surface area (Å²) in [5, 5.41) is 5.81. The number of hydrogen-bond donors (Lipinski definition) is 1. The van der Waals surface area contributed by atoms with Gasteiger partial charge in [-0.25, -0.2) is 0 Å². The van der Waals surface area contributed by atoms with Crippen LogP contribution in [0.2, 0.25) is 0 Å². The van der Waals surface area contributed by atoms with Gasteiger partial charge in [-0.05, 0) is 35.9 Å². The largest absolute Gasteiger partial charge is 0.492 e. The highest BCUT2D eigenvalue weighted by molar-refractivity contribution is 6.11. The van der Waals surface area contributed by atoms with E-state index in [-0.39, 0.29) is 0 Å². The van der Waals surface area contributed by atoms with Crippen LogP contribution in [0.25, 0.3) is 21.8 Å². The van der Waals surface area contributed by atoms with Crippen molar-refractivity contribution in [3.05, 3.63) is 108 Å². The molecule has 0 spiro atoms. The van der Waals surface area contributed by atoms with Crippen molar-refractivity contribution in [3.63, 3.8) is 0 Å². The maximum atomic E-state index is 6.23. The van der Waals surface area contributed by atoms with Crippen molar-refractivity contribution in [2.24, 2.45) is 0 Å². The summed E-state index contributed by atoms with van der Waals surface area (Å²) in [4.78, 5) is 4.34. The van der Waals surface area contributed by atoms with E-state index in [0.29, 0.717) is 6.61 Å². The quantitative estimate of drug-likeness (QED) is 0.350. The van der Waals surface area contributed by atoms with Gasteiger partial charge in [-0.1, -0.05) is 60.7 Å². The van der Waals surface area contributed by atoms with E-state index in [9.17, 15) is 0 Å². The lowest BCUT2D eigenvalue weighted by Gasteiger charge is -2.10. The monoisotopic (exact) mass is 407 g/mol. The van der Waals surface area contributed by atoms with Crippen LogP contribution in [0.15, 0.2) is 97.2 Å². The van der Waals surface area contributed by atoms with Gasteiger partial charge in [0.25, 0.3) is 0 Å². The zero-order valence-electron chi connectivity index (χ0n) is 17.4. The first-order chi connectivity index (χ1) is 15.4. The van der Waals surface area contributed by atoms with Crippen molar-refractivity contribution >= 4 is 21.8 Å². The molecule has 2 aromatic heterocycles. The Balaban J connectivity index is 1.39. The summed E-state index contributed by atoms with van der Waals surface area (Å²) in [6.45, 7) is 2.93. The average Bonchev–Trinajstić information content (AvgIpc) is 3.15. The number of rotatable bonds is 8. The van der Waals surface area contributed by atoms with Gasteiger partial charge in [-0.2, -0.15) is 0 Å². The van der Waals surface area contributed by atoms with Gasteiger partial charge in [0, 0.05) is 42.1 Å². The minimum atomic E-state index is 0.601. The van der Waals surface area contributed by atoms with Crippen LogP contribution in [-0.2, 0) is 13.1 Å². The normalized spacial score (nSPS) is 11.2. The Bertz CT molecular complexity index is 1280. The van der Waals surface area contributed by atoms with Crippen molar-refractivity contribution in [1.29, 1.82) is 0 Å². The molecule has 0 aliphatic carbocycles. The van der Waals surface area contributed by atoms with Gasteiger partial charge in [-0.3, -0.25) is 4.98 Å². The highest BCUT2D eigenvalue weighted by Crippen LogP contribution is 2.36. The number of pyridine rings is 1. The third-order valence-electron chi connectivity index (χ3n) is 5.51. The minimum absolute atomic E-state index is 0.601. The van der Waals surface area contributed by atoms with Crippen LogP contribution in [0.4, 0.5) is 0 Å². The Morgan fingerprint density at radius 1 is 0.774 bits per heavy atom. The highest BCUT2D eigenvalue weighted by Gasteiger charge is 2.14. The Morgan fingerprint density at radius 3 is 2.45 bits per heavy atom. The summed E-state index contributed by atoms with van der Waals surface area (Å²) in [6.07, 6.45) is 1.82. The SMILES string of the molecule is c1ccc(Cn2c3ccccc3c3c(OCCNCc4ccccn4)cccc32)cc1. The van der Waals surface area contributed by atoms with E-state index in [1.54, 1.807) is 0 Å². The highest BCUT2D eigenvalue weighted by atomic mass is 16.5. The van der Waals surface area contributed by atoms with Gasteiger partial charge >= 0.3 is 0 Å². The first-order valence-corrected chi connectivity index (χ1v) is 10.7. The first-order valence-electron chi connectivity index (χ1n) is 10.7. The fraction of sp³-hybridized carbons (Fsp3) is 0.148. The number of ether oxygens (including phenoxy) is 1. The number of benzene rings is 3. The Morgan fingerprint density at radius 2 is 1.58 bits per heavy atom. The predicted octanol–water partition coefficient (Wildman–Crippen LogP) is 5.41. The lowest BCUT2D eigenvalue weighted by atomic mass is 10.1. The van der Waals surface area contributed by atoms with Gasteiger partial charge in [0.1, 0.15) is 12.4 Å². The second-order valence-electron chi connectivity index (χ2n) is 7.59. The third kappa shape index (κ3) is 4.16. The molecule has 0 atom stereocenters. The van der Waals surface area contributed by atoms with Crippen molar-refractivity contribution in [2.75, 3.05) is 13.2 Å². The number of nitrogens with zero attached hydrogens (tertiary/aromatic N) is 2.